The van der Waals surface area contributed by atoms with Crippen molar-refractivity contribution in [3.63, 3.8) is 0 Å². The highest BCUT2D eigenvalue weighted by Crippen LogP contribution is 2.12. The molecule has 3 heteroatoms. The van der Waals surface area contributed by atoms with Gasteiger partial charge in [-0.05, 0) is 32.4 Å². The quantitative estimate of drug-likeness (QED) is 0.658. The Morgan fingerprint density at radius 2 is 2.17 bits per heavy atom. The fourth-order valence-corrected chi connectivity index (χ4v) is 2.55. The van der Waals surface area contributed by atoms with Crippen LogP contribution in [-0.4, -0.2) is 32.1 Å². The van der Waals surface area contributed by atoms with E-state index >= 15 is 0 Å². The van der Waals surface area contributed by atoms with E-state index in [-0.39, 0.29) is 0 Å². The van der Waals surface area contributed by atoms with Crippen LogP contribution in [0, 0.1) is 6.92 Å². The van der Waals surface area contributed by atoms with Crippen molar-refractivity contribution in [2.75, 3.05) is 32.1 Å². The highest BCUT2D eigenvalue weighted by atomic mass is 32.2. The molecule has 0 saturated carbocycles. The zero-order valence-electron chi connectivity index (χ0n) is 11.6. The summed E-state index contributed by atoms with van der Waals surface area (Å²) in [5, 5.41) is 3.44. The zero-order valence-corrected chi connectivity index (χ0v) is 12.4. The third kappa shape index (κ3) is 7.75. The first kappa shape index (κ1) is 15.5. The Kier molecular flexibility index (Phi) is 9.00. The van der Waals surface area contributed by atoms with Crippen LogP contribution in [0.3, 0.4) is 0 Å². The van der Waals surface area contributed by atoms with E-state index < -0.39 is 0 Å². The molecule has 0 fully saturated rings. The first-order chi connectivity index (χ1) is 8.83. The molecule has 1 rings (SSSR count). The summed E-state index contributed by atoms with van der Waals surface area (Å²) in [6.45, 7) is 8.03. The van der Waals surface area contributed by atoms with E-state index in [2.05, 4.69) is 36.5 Å². The summed E-state index contributed by atoms with van der Waals surface area (Å²) in [6, 6.07) is 8.75. The van der Waals surface area contributed by atoms with Crippen molar-refractivity contribution in [1.29, 1.82) is 0 Å². The number of rotatable bonds is 10. The van der Waals surface area contributed by atoms with Gasteiger partial charge in [-0.1, -0.05) is 29.8 Å². The highest BCUT2D eigenvalue weighted by molar-refractivity contribution is 7.98. The lowest BCUT2D eigenvalue weighted by Gasteiger charge is -2.05. The lowest BCUT2D eigenvalue weighted by atomic mass is 10.2. The lowest BCUT2D eigenvalue weighted by molar-refractivity contribution is 0.145. The minimum absolute atomic E-state index is 0.826. The molecule has 0 spiro atoms. The third-order valence-electron chi connectivity index (χ3n) is 2.62. The van der Waals surface area contributed by atoms with Crippen LogP contribution >= 0.6 is 11.8 Å². The number of benzene rings is 1. The van der Waals surface area contributed by atoms with Gasteiger partial charge in [-0.15, -0.1) is 0 Å². The maximum Gasteiger partial charge on any atom is 0.0477 e. The van der Waals surface area contributed by atoms with Gasteiger partial charge in [-0.3, -0.25) is 0 Å². The summed E-state index contributed by atoms with van der Waals surface area (Å²) in [4.78, 5) is 0. The van der Waals surface area contributed by atoms with E-state index in [1.165, 1.54) is 16.9 Å². The topological polar surface area (TPSA) is 21.3 Å². The maximum absolute atomic E-state index is 5.29. The smallest absolute Gasteiger partial charge is 0.0477 e. The molecule has 1 aromatic rings. The van der Waals surface area contributed by atoms with Crippen LogP contribution in [0.2, 0.25) is 0 Å². The van der Waals surface area contributed by atoms with Crippen LogP contribution in [0.4, 0.5) is 0 Å². The van der Waals surface area contributed by atoms with Crippen LogP contribution in [0.25, 0.3) is 0 Å². The molecule has 1 N–H and O–H groups in total. The van der Waals surface area contributed by atoms with Gasteiger partial charge in [0.1, 0.15) is 0 Å². The molecular weight excluding hydrogens is 242 g/mol. The predicted molar refractivity (Wildman–Crippen MR) is 81.3 cm³/mol. The van der Waals surface area contributed by atoms with E-state index in [0.29, 0.717) is 0 Å². The molecule has 102 valence electrons. The minimum atomic E-state index is 0.826. The van der Waals surface area contributed by atoms with Crippen molar-refractivity contribution in [2.45, 2.75) is 26.0 Å². The average molecular weight is 267 g/mol. The number of nitrogens with one attached hydrogen (secondary N) is 1. The van der Waals surface area contributed by atoms with E-state index in [9.17, 15) is 0 Å². The van der Waals surface area contributed by atoms with Gasteiger partial charge in [0, 0.05) is 31.3 Å². The Hall–Kier alpha value is -0.510. The third-order valence-corrected chi connectivity index (χ3v) is 3.65. The average Bonchev–Trinajstić information content (AvgIpc) is 2.37. The van der Waals surface area contributed by atoms with E-state index in [1.807, 2.05) is 18.7 Å². The molecule has 0 amide bonds. The number of thioether (sulfide) groups is 1. The predicted octanol–water partition coefficient (Wildman–Crippen LogP) is 3.24. The summed E-state index contributed by atoms with van der Waals surface area (Å²) >= 11 is 1.99. The molecule has 2 nitrogen and oxygen atoms in total. The van der Waals surface area contributed by atoms with Crippen LogP contribution in [0.15, 0.2) is 24.3 Å². The first-order valence-corrected chi connectivity index (χ1v) is 7.90. The zero-order chi connectivity index (χ0) is 13.1. The molecule has 0 aromatic heterocycles. The molecule has 0 aliphatic rings. The summed E-state index contributed by atoms with van der Waals surface area (Å²) < 4.78 is 5.29. The Labute approximate surface area is 116 Å². The first-order valence-electron chi connectivity index (χ1n) is 6.74. The van der Waals surface area contributed by atoms with Gasteiger partial charge in [-0.2, -0.15) is 11.8 Å². The second kappa shape index (κ2) is 10.4. The van der Waals surface area contributed by atoms with Crippen LogP contribution in [-0.2, 0) is 10.5 Å². The number of ether oxygens (including phenoxy) is 1. The Morgan fingerprint density at radius 1 is 1.28 bits per heavy atom. The van der Waals surface area contributed by atoms with Gasteiger partial charge in [-0.25, -0.2) is 0 Å². The van der Waals surface area contributed by atoms with Crippen molar-refractivity contribution in [1.82, 2.24) is 5.32 Å². The fourth-order valence-electron chi connectivity index (χ4n) is 1.70. The number of hydrogen-bond donors (Lipinski definition) is 1. The van der Waals surface area contributed by atoms with Gasteiger partial charge < -0.3 is 10.1 Å². The fraction of sp³-hybridized carbons (Fsp3) is 0.600. The molecule has 0 saturated heterocycles. The van der Waals surface area contributed by atoms with E-state index in [1.54, 1.807) is 0 Å². The second-order valence-electron chi connectivity index (χ2n) is 4.34. The molecule has 0 heterocycles. The lowest BCUT2D eigenvalue weighted by Crippen LogP contribution is -2.19. The van der Waals surface area contributed by atoms with Crippen molar-refractivity contribution in [3.05, 3.63) is 35.4 Å². The molecule has 0 unspecified atom stereocenters. The maximum atomic E-state index is 5.29. The summed E-state index contributed by atoms with van der Waals surface area (Å²) in [5.74, 6) is 2.28. The Balaban J connectivity index is 1.92. The van der Waals surface area contributed by atoms with E-state index in [4.69, 9.17) is 4.74 Å². The largest absolute Gasteiger partial charge is 0.382 e. The van der Waals surface area contributed by atoms with Crippen LogP contribution < -0.4 is 5.32 Å². The molecule has 0 aliphatic carbocycles. The molecule has 0 bridgehead atoms. The summed E-state index contributed by atoms with van der Waals surface area (Å²) in [6.07, 6.45) is 1.11. The van der Waals surface area contributed by atoms with Gasteiger partial charge >= 0.3 is 0 Å². The molecule has 0 radical (unpaired) electrons. The van der Waals surface area contributed by atoms with Crippen LogP contribution in [0.5, 0.6) is 0 Å². The Bertz CT molecular complexity index is 317. The molecule has 18 heavy (non-hydrogen) atoms. The Morgan fingerprint density at radius 3 is 2.94 bits per heavy atom. The number of hydrogen-bond acceptors (Lipinski definition) is 3. The monoisotopic (exact) mass is 267 g/mol. The molecular formula is C15H25NOS. The summed E-state index contributed by atoms with van der Waals surface area (Å²) in [5.41, 5.74) is 2.78. The van der Waals surface area contributed by atoms with Gasteiger partial charge in [0.15, 0.2) is 0 Å². The highest BCUT2D eigenvalue weighted by Gasteiger charge is 1.94. The van der Waals surface area contributed by atoms with Crippen LogP contribution in [0.1, 0.15) is 24.5 Å². The minimum Gasteiger partial charge on any atom is -0.382 e. The SMILES string of the molecule is CCOCCCNCCSCc1cccc(C)c1. The second-order valence-corrected chi connectivity index (χ2v) is 5.45. The molecule has 1 aromatic carbocycles. The standard InChI is InChI=1S/C15H25NOS/c1-3-17-10-5-8-16-9-11-18-13-15-7-4-6-14(2)12-15/h4,6-7,12,16H,3,5,8-11,13H2,1-2H3. The van der Waals surface area contributed by atoms with Crippen molar-refractivity contribution >= 4 is 11.8 Å². The van der Waals surface area contributed by atoms with E-state index in [0.717, 1.165) is 38.5 Å². The van der Waals surface area contributed by atoms with Crippen molar-refractivity contribution in [3.8, 4) is 0 Å². The van der Waals surface area contributed by atoms with Gasteiger partial charge in [0.05, 0.1) is 0 Å². The van der Waals surface area contributed by atoms with Gasteiger partial charge in [0.2, 0.25) is 0 Å². The molecule has 0 atom stereocenters. The number of aryl methyl sites for hydroxylation is 1. The molecule has 0 aliphatic heterocycles. The van der Waals surface area contributed by atoms with Crippen molar-refractivity contribution < 1.29 is 4.74 Å². The van der Waals surface area contributed by atoms with Crippen molar-refractivity contribution in [2.24, 2.45) is 0 Å². The van der Waals surface area contributed by atoms with Gasteiger partial charge in [0.25, 0.3) is 0 Å². The normalized spacial score (nSPS) is 10.8. The summed E-state index contributed by atoms with van der Waals surface area (Å²) in [7, 11) is 0.